The van der Waals surface area contributed by atoms with Crippen LogP contribution in [0, 0.1) is 5.92 Å². The van der Waals surface area contributed by atoms with Gasteiger partial charge in [-0.1, -0.05) is 67.3 Å². The summed E-state index contributed by atoms with van der Waals surface area (Å²) in [6.45, 7) is 9.54. The van der Waals surface area contributed by atoms with Gasteiger partial charge in [0.05, 0.1) is 6.04 Å². The molecule has 7 nitrogen and oxygen atoms in total. The average Bonchev–Trinajstić information content (AvgIpc) is 3.17. The number of hydrogen-bond acceptors (Lipinski definition) is 7. The second kappa shape index (κ2) is 8.48. The molecule has 1 N–H and O–H groups in total. The molecule has 0 aliphatic rings. The zero-order valence-electron chi connectivity index (χ0n) is 16.7. The fraction of sp³-hybridized carbons (Fsp3) is 0.474. The molecule has 0 radical (unpaired) electrons. The van der Waals surface area contributed by atoms with Gasteiger partial charge in [0.25, 0.3) is 0 Å². The van der Waals surface area contributed by atoms with Crippen LogP contribution in [0.25, 0.3) is 4.96 Å². The van der Waals surface area contributed by atoms with E-state index in [0.29, 0.717) is 10.8 Å². The topological polar surface area (TPSA) is 81.4 Å². The highest BCUT2D eigenvalue weighted by atomic mass is 32.2. The van der Waals surface area contributed by atoms with Crippen LogP contribution in [0.4, 0.5) is 4.79 Å². The lowest BCUT2D eigenvalue weighted by Gasteiger charge is -2.24. The van der Waals surface area contributed by atoms with Crippen LogP contribution in [0.5, 0.6) is 0 Å². The number of rotatable bonds is 6. The van der Waals surface area contributed by atoms with Gasteiger partial charge in [0.15, 0.2) is 10.2 Å². The van der Waals surface area contributed by atoms with Crippen LogP contribution in [0.1, 0.15) is 52.0 Å². The van der Waals surface area contributed by atoms with Gasteiger partial charge in [-0.15, -0.1) is 15.3 Å². The molecular formula is C19H25N5O2S2. The summed E-state index contributed by atoms with van der Waals surface area (Å²) in [5, 5.41) is 16.1. The Kier molecular flexibility index (Phi) is 6.24. The number of benzene rings is 1. The van der Waals surface area contributed by atoms with E-state index >= 15 is 0 Å². The van der Waals surface area contributed by atoms with Crippen molar-refractivity contribution in [3.8, 4) is 0 Å². The normalized spacial score (nSPS) is 13.1. The molecule has 0 fully saturated rings. The summed E-state index contributed by atoms with van der Waals surface area (Å²) in [5.41, 5.74) is 0.679. The van der Waals surface area contributed by atoms with Gasteiger partial charge in [0.2, 0.25) is 4.96 Å². The van der Waals surface area contributed by atoms with Crippen molar-refractivity contribution in [3.63, 3.8) is 0 Å². The molecule has 2 heterocycles. The molecule has 0 saturated carbocycles. The monoisotopic (exact) mass is 419 g/mol. The smallest absolute Gasteiger partial charge is 0.408 e. The Labute approximate surface area is 172 Å². The van der Waals surface area contributed by atoms with Crippen molar-refractivity contribution in [2.24, 2.45) is 5.92 Å². The Bertz CT molecular complexity index is 931. The quantitative estimate of drug-likeness (QED) is 0.583. The predicted octanol–water partition coefficient (Wildman–Crippen LogP) is 4.70. The number of amides is 1. The molecule has 0 saturated heterocycles. The molecule has 3 rings (SSSR count). The summed E-state index contributed by atoms with van der Waals surface area (Å²) >= 11 is 3.15. The third-order valence-electron chi connectivity index (χ3n) is 3.82. The average molecular weight is 420 g/mol. The number of thioether (sulfide) groups is 1. The van der Waals surface area contributed by atoms with Crippen molar-refractivity contribution in [2.45, 2.75) is 56.4 Å². The molecule has 0 unspecified atom stereocenters. The van der Waals surface area contributed by atoms with Crippen molar-refractivity contribution in [1.29, 1.82) is 0 Å². The van der Waals surface area contributed by atoms with Crippen LogP contribution in [0.3, 0.4) is 0 Å². The number of carbonyl (C=O) groups excluding carboxylic acids is 1. The fourth-order valence-corrected chi connectivity index (χ4v) is 4.39. The van der Waals surface area contributed by atoms with Crippen LogP contribution < -0.4 is 5.32 Å². The number of aromatic nitrogens is 4. The van der Waals surface area contributed by atoms with E-state index in [1.807, 2.05) is 52.8 Å². The third-order valence-corrected chi connectivity index (χ3v) is 5.92. The number of nitrogens with one attached hydrogen (secondary N) is 1. The van der Waals surface area contributed by atoms with E-state index in [1.54, 1.807) is 16.3 Å². The number of carbonyl (C=O) groups is 1. The van der Waals surface area contributed by atoms with E-state index in [4.69, 9.17) is 4.74 Å². The molecule has 0 aliphatic carbocycles. The second-order valence-corrected chi connectivity index (χ2v) is 9.94. The minimum atomic E-state index is -0.562. The van der Waals surface area contributed by atoms with E-state index in [-0.39, 0.29) is 12.0 Å². The Balaban J connectivity index is 1.77. The number of alkyl carbamates (subject to hydrolysis) is 1. The SMILES string of the molecule is CC(C)[C@H](NC(=O)OC(C)(C)C)c1nnc2sc(SCc3ccccc3)nn12. The van der Waals surface area contributed by atoms with E-state index in [0.717, 1.165) is 10.1 Å². The maximum absolute atomic E-state index is 12.3. The van der Waals surface area contributed by atoms with Crippen LogP contribution in [-0.2, 0) is 10.5 Å². The molecule has 2 aromatic heterocycles. The molecule has 0 spiro atoms. The summed E-state index contributed by atoms with van der Waals surface area (Å²) in [6, 6.07) is 9.91. The summed E-state index contributed by atoms with van der Waals surface area (Å²) in [6.07, 6.45) is -0.475. The fourth-order valence-electron chi connectivity index (χ4n) is 2.55. The largest absolute Gasteiger partial charge is 0.444 e. The molecule has 1 aromatic carbocycles. The van der Waals surface area contributed by atoms with Gasteiger partial charge in [-0.05, 0) is 32.3 Å². The van der Waals surface area contributed by atoms with Crippen molar-refractivity contribution >= 4 is 34.2 Å². The maximum Gasteiger partial charge on any atom is 0.408 e. The number of ether oxygens (including phenoxy) is 1. The lowest BCUT2D eigenvalue weighted by molar-refractivity contribution is 0.0486. The number of hydrogen-bond donors (Lipinski definition) is 1. The molecule has 3 aromatic rings. The zero-order valence-corrected chi connectivity index (χ0v) is 18.3. The highest BCUT2D eigenvalue weighted by Crippen LogP contribution is 2.29. The molecule has 1 amide bonds. The summed E-state index contributed by atoms with van der Waals surface area (Å²) in [5.74, 6) is 1.55. The van der Waals surface area contributed by atoms with Crippen molar-refractivity contribution in [1.82, 2.24) is 25.1 Å². The van der Waals surface area contributed by atoms with Crippen molar-refractivity contribution in [3.05, 3.63) is 41.7 Å². The van der Waals surface area contributed by atoms with Gasteiger partial charge < -0.3 is 10.1 Å². The first-order chi connectivity index (χ1) is 13.2. The van der Waals surface area contributed by atoms with Crippen LogP contribution in [-0.4, -0.2) is 31.5 Å². The molecule has 150 valence electrons. The highest BCUT2D eigenvalue weighted by molar-refractivity contribution is 8.00. The molecule has 0 bridgehead atoms. The van der Waals surface area contributed by atoms with Gasteiger partial charge in [-0.25, -0.2) is 4.79 Å². The van der Waals surface area contributed by atoms with Gasteiger partial charge in [-0.3, -0.25) is 0 Å². The Morgan fingerprint density at radius 1 is 1.25 bits per heavy atom. The first-order valence-electron chi connectivity index (χ1n) is 9.11. The number of nitrogens with zero attached hydrogens (tertiary/aromatic N) is 4. The van der Waals surface area contributed by atoms with Crippen LogP contribution in [0.2, 0.25) is 0 Å². The Morgan fingerprint density at radius 3 is 2.61 bits per heavy atom. The molecule has 1 atom stereocenters. The second-order valence-electron chi connectivity index (χ2n) is 7.76. The lowest BCUT2D eigenvalue weighted by atomic mass is 10.0. The third kappa shape index (κ3) is 5.23. The lowest BCUT2D eigenvalue weighted by Crippen LogP contribution is -2.37. The minimum absolute atomic E-state index is 0.0991. The summed E-state index contributed by atoms with van der Waals surface area (Å²) < 4.78 is 8.03. The van der Waals surface area contributed by atoms with E-state index in [1.165, 1.54) is 16.9 Å². The van der Waals surface area contributed by atoms with Crippen LogP contribution >= 0.6 is 23.1 Å². The molecule has 9 heteroatoms. The molecular weight excluding hydrogens is 394 g/mol. The van der Waals surface area contributed by atoms with Gasteiger partial charge in [0.1, 0.15) is 5.60 Å². The highest BCUT2D eigenvalue weighted by Gasteiger charge is 2.27. The molecule has 28 heavy (non-hydrogen) atoms. The minimum Gasteiger partial charge on any atom is -0.444 e. The van der Waals surface area contributed by atoms with Gasteiger partial charge in [-0.2, -0.15) is 4.52 Å². The van der Waals surface area contributed by atoms with Crippen LogP contribution in [0.15, 0.2) is 34.7 Å². The summed E-state index contributed by atoms with van der Waals surface area (Å²) in [7, 11) is 0. The standard InChI is InChI=1S/C19H25N5O2S2/c1-12(2)14(20-17(25)26-19(3,4)5)15-21-22-16-24(15)23-18(28-16)27-11-13-9-7-6-8-10-13/h6-10,12,14H,11H2,1-5H3,(H,20,25)/t14-/m0/s1. The molecule has 0 aliphatic heterocycles. The van der Waals surface area contributed by atoms with E-state index in [9.17, 15) is 4.79 Å². The Hall–Kier alpha value is -2.13. The van der Waals surface area contributed by atoms with Gasteiger partial charge in [0, 0.05) is 5.75 Å². The number of fused-ring (bicyclic) bond motifs is 1. The van der Waals surface area contributed by atoms with Crippen molar-refractivity contribution in [2.75, 3.05) is 0 Å². The predicted molar refractivity (Wildman–Crippen MR) is 112 cm³/mol. The van der Waals surface area contributed by atoms with Gasteiger partial charge >= 0.3 is 6.09 Å². The summed E-state index contributed by atoms with van der Waals surface area (Å²) in [4.78, 5) is 13.0. The zero-order chi connectivity index (χ0) is 20.3. The Morgan fingerprint density at radius 2 is 1.96 bits per heavy atom. The van der Waals surface area contributed by atoms with Crippen molar-refractivity contribution < 1.29 is 9.53 Å². The maximum atomic E-state index is 12.3. The first-order valence-corrected chi connectivity index (χ1v) is 10.9. The first kappa shape index (κ1) is 20.6. The van der Waals surface area contributed by atoms with E-state index in [2.05, 4.69) is 32.7 Å². The van der Waals surface area contributed by atoms with E-state index < -0.39 is 11.7 Å².